The molecule has 0 fully saturated rings. The minimum Gasteiger partial charge on any atom is -0.378 e. The summed E-state index contributed by atoms with van der Waals surface area (Å²) in [5.41, 5.74) is 6.44. The van der Waals surface area contributed by atoms with Gasteiger partial charge >= 0.3 is 0 Å². The van der Waals surface area contributed by atoms with Crippen LogP contribution in [0.25, 0.3) is 0 Å². The van der Waals surface area contributed by atoms with Crippen LogP contribution in [0.3, 0.4) is 0 Å². The molecular weight excluding hydrogens is 191 g/mol. The van der Waals surface area contributed by atoms with Crippen molar-refractivity contribution in [1.29, 1.82) is 0 Å². The smallest absolute Gasteiger partial charge is 0.125 e. The minimum absolute atomic E-state index is 0.117. The molecule has 0 unspecified atom stereocenters. The molecule has 15 heavy (non-hydrogen) atoms. The molecule has 1 aromatic rings. The largest absolute Gasteiger partial charge is 0.378 e. The first-order valence-corrected chi connectivity index (χ1v) is 5.39. The van der Waals surface area contributed by atoms with E-state index in [2.05, 4.69) is 19.2 Å². The molecule has 0 aromatic heterocycles. The molecule has 0 aliphatic carbocycles. The van der Waals surface area contributed by atoms with E-state index in [1.165, 1.54) is 12.1 Å². The standard InChI is InChI=1S/C12H19FN2/c1-3-12(4-2,9-14)15-11-7-5-6-10(13)8-11/h5-8,15H,3-4,9,14H2,1-2H3. The van der Waals surface area contributed by atoms with Crippen LogP contribution in [0.4, 0.5) is 10.1 Å². The summed E-state index contributed by atoms with van der Waals surface area (Å²) in [5, 5.41) is 3.32. The Morgan fingerprint density at radius 1 is 1.33 bits per heavy atom. The molecule has 0 aliphatic rings. The summed E-state index contributed by atoms with van der Waals surface area (Å²) < 4.78 is 13.0. The average molecular weight is 210 g/mol. The first-order valence-electron chi connectivity index (χ1n) is 5.39. The number of nitrogens with two attached hydrogens (primary N) is 1. The Kier molecular flexibility index (Phi) is 4.09. The van der Waals surface area contributed by atoms with E-state index in [9.17, 15) is 4.39 Å². The number of halogens is 1. The maximum Gasteiger partial charge on any atom is 0.125 e. The second kappa shape index (κ2) is 5.12. The lowest BCUT2D eigenvalue weighted by Crippen LogP contribution is -2.44. The first-order chi connectivity index (χ1) is 7.15. The zero-order chi connectivity index (χ0) is 11.3. The highest BCUT2D eigenvalue weighted by Crippen LogP contribution is 2.21. The Morgan fingerprint density at radius 2 is 2.00 bits per heavy atom. The predicted octanol–water partition coefficient (Wildman–Crippen LogP) is 2.76. The van der Waals surface area contributed by atoms with Gasteiger partial charge in [-0.05, 0) is 31.0 Å². The molecule has 0 aliphatic heterocycles. The third-order valence-electron chi connectivity index (χ3n) is 2.98. The fraction of sp³-hybridized carbons (Fsp3) is 0.500. The van der Waals surface area contributed by atoms with Gasteiger partial charge in [-0.2, -0.15) is 0 Å². The molecule has 0 atom stereocenters. The number of benzene rings is 1. The van der Waals surface area contributed by atoms with Gasteiger partial charge in [-0.15, -0.1) is 0 Å². The van der Waals surface area contributed by atoms with Gasteiger partial charge in [-0.3, -0.25) is 0 Å². The van der Waals surface area contributed by atoms with Gasteiger partial charge in [-0.1, -0.05) is 19.9 Å². The average Bonchev–Trinajstić information content (AvgIpc) is 2.26. The fourth-order valence-electron chi connectivity index (χ4n) is 1.64. The van der Waals surface area contributed by atoms with Gasteiger partial charge in [0.1, 0.15) is 5.82 Å². The van der Waals surface area contributed by atoms with Crippen LogP contribution in [0.15, 0.2) is 24.3 Å². The molecule has 0 heterocycles. The second-order valence-electron chi connectivity index (χ2n) is 3.83. The van der Waals surface area contributed by atoms with Gasteiger partial charge in [0.15, 0.2) is 0 Å². The van der Waals surface area contributed by atoms with Crippen LogP contribution in [0.1, 0.15) is 26.7 Å². The van der Waals surface area contributed by atoms with Gasteiger partial charge in [0.25, 0.3) is 0 Å². The predicted molar refractivity (Wildman–Crippen MR) is 62.4 cm³/mol. The van der Waals surface area contributed by atoms with Gasteiger partial charge in [0.2, 0.25) is 0 Å². The van der Waals surface area contributed by atoms with Gasteiger partial charge in [0, 0.05) is 17.8 Å². The Hall–Kier alpha value is -1.09. The summed E-state index contributed by atoms with van der Waals surface area (Å²) >= 11 is 0. The molecule has 0 saturated carbocycles. The summed E-state index contributed by atoms with van der Waals surface area (Å²) in [6.07, 6.45) is 1.85. The Morgan fingerprint density at radius 3 is 2.47 bits per heavy atom. The molecular formula is C12H19FN2. The highest BCUT2D eigenvalue weighted by molar-refractivity contribution is 5.45. The number of hydrogen-bond acceptors (Lipinski definition) is 2. The Bertz CT molecular complexity index is 300. The molecule has 0 amide bonds. The van der Waals surface area contributed by atoms with Crippen molar-refractivity contribution in [2.75, 3.05) is 11.9 Å². The summed E-state index contributed by atoms with van der Waals surface area (Å²) in [7, 11) is 0. The van der Waals surface area contributed by atoms with Crippen LogP contribution in [-0.2, 0) is 0 Å². The van der Waals surface area contributed by atoms with E-state index < -0.39 is 0 Å². The number of anilines is 1. The van der Waals surface area contributed by atoms with Crippen LogP contribution in [0, 0.1) is 5.82 Å². The van der Waals surface area contributed by atoms with Crippen molar-refractivity contribution in [2.24, 2.45) is 5.73 Å². The SMILES string of the molecule is CCC(CC)(CN)Nc1cccc(F)c1. The highest BCUT2D eigenvalue weighted by Gasteiger charge is 2.23. The van der Waals surface area contributed by atoms with E-state index >= 15 is 0 Å². The quantitative estimate of drug-likeness (QED) is 0.784. The molecule has 0 spiro atoms. The van der Waals surface area contributed by atoms with Crippen LogP contribution in [0.2, 0.25) is 0 Å². The Labute approximate surface area is 90.7 Å². The number of nitrogens with one attached hydrogen (secondary N) is 1. The maximum absolute atomic E-state index is 13.0. The van der Waals surface area contributed by atoms with Crippen LogP contribution in [-0.4, -0.2) is 12.1 Å². The molecule has 1 aromatic carbocycles. The topological polar surface area (TPSA) is 38.0 Å². The summed E-state index contributed by atoms with van der Waals surface area (Å²) in [6, 6.07) is 6.49. The molecule has 3 N–H and O–H groups in total. The zero-order valence-electron chi connectivity index (χ0n) is 9.39. The lowest BCUT2D eigenvalue weighted by Gasteiger charge is -2.32. The van der Waals surface area contributed by atoms with E-state index in [1.807, 2.05) is 6.07 Å². The molecule has 3 heteroatoms. The molecule has 2 nitrogen and oxygen atoms in total. The second-order valence-corrected chi connectivity index (χ2v) is 3.83. The molecule has 0 radical (unpaired) electrons. The normalized spacial score (nSPS) is 11.5. The van der Waals surface area contributed by atoms with Crippen LogP contribution in [0.5, 0.6) is 0 Å². The van der Waals surface area contributed by atoms with Crippen molar-refractivity contribution in [3.8, 4) is 0 Å². The van der Waals surface area contributed by atoms with Crippen molar-refractivity contribution in [1.82, 2.24) is 0 Å². The zero-order valence-corrected chi connectivity index (χ0v) is 9.39. The van der Waals surface area contributed by atoms with Crippen LogP contribution < -0.4 is 11.1 Å². The monoisotopic (exact) mass is 210 g/mol. The fourth-order valence-corrected chi connectivity index (χ4v) is 1.64. The van der Waals surface area contributed by atoms with Gasteiger partial charge in [0.05, 0.1) is 0 Å². The molecule has 1 rings (SSSR count). The van der Waals surface area contributed by atoms with Crippen molar-refractivity contribution >= 4 is 5.69 Å². The van der Waals surface area contributed by atoms with Gasteiger partial charge in [-0.25, -0.2) is 4.39 Å². The summed E-state index contributed by atoms with van der Waals surface area (Å²) in [4.78, 5) is 0. The molecule has 0 bridgehead atoms. The minimum atomic E-state index is -0.224. The van der Waals surface area contributed by atoms with Crippen molar-refractivity contribution in [2.45, 2.75) is 32.2 Å². The van der Waals surface area contributed by atoms with E-state index in [0.717, 1.165) is 18.5 Å². The van der Waals surface area contributed by atoms with E-state index in [-0.39, 0.29) is 11.4 Å². The molecule has 84 valence electrons. The number of hydrogen-bond donors (Lipinski definition) is 2. The lowest BCUT2D eigenvalue weighted by atomic mass is 9.92. The lowest BCUT2D eigenvalue weighted by molar-refractivity contribution is 0.445. The Balaban J connectivity index is 2.82. The van der Waals surface area contributed by atoms with Crippen molar-refractivity contribution < 1.29 is 4.39 Å². The third kappa shape index (κ3) is 2.93. The van der Waals surface area contributed by atoms with E-state index in [0.29, 0.717) is 6.54 Å². The first kappa shape index (κ1) is 12.0. The summed E-state index contributed by atoms with van der Waals surface area (Å²) in [6.45, 7) is 4.72. The maximum atomic E-state index is 13.0. The van der Waals surface area contributed by atoms with Gasteiger partial charge < -0.3 is 11.1 Å². The van der Waals surface area contributed by atoms with Crippen molar-refractivity contribution in [3.05, 3.63) is 30.1 Å². The number of rotatable bonds is 5. The third-order valence-corrected chi connectivity index (χ3v) is 2.98. The van der Waals surface area contributed by atoms with Crippen LogP contribution >= 0.6 is 0 Å². The highest BCUT2D eigenvalue weighted by atomic mass is 19.1. The van der Waals surface area contributed by atoms with E-state index in [4.69, 9.17) is 5.73 Å². The van der Waals surface area contributed by atoms with Crippen molar-refractivity contribution in [3.63, 3.8) is 0 Å². The summed E-state index contributed by atoms with van der Waals surface area (Å²) in [5.74, 6) is -0.224. The van der Waals surface area contributed by atoms with E-state index in [1.54, 1.807) is 6.07 Å². The molecule has 0 saturated heterocycles.